The molecule has 0 saturated carbocycles. The molecule has 1 atom stereocenters. The van der Waals surface area contributed by atoms with Crippen molar-refractivity contribution in [2.45, 2.75) is 12.5 Å². The number of rotatable bonds is 4. The highest BCUT2D eigenvalue weighted by Crippen LogP contribution is 2.24. The fourth-order valence-corrected chi connectivity index (χ4v) is 2.93. The van der Waals surface area contributed by atoms with Crippen molar-refractivity contribution in [3.63, 3.8) is 0 Å². The molecule has 1 unspecified atom stereocenters. The predicted molar refractivity (Wildman–Crippen MR) is 76.1 cm³/mol. The lowest BCUT2D eigenvalue weighted by atomic mass is 10.0. The molecule has 3 rings (SSSR count). The number of hydrogen-bond acceptors (Lipinski definition) is 5. The van der Waals surface area contributed by atoms with E-state index in [1.807, 2.05) is 32.6 Å². The number of aryl methyl sites for hydroxylation is 1. The second kappa shape index (κ2) is 5.07. The molecule has 5 nitrogen and oxygen atoms in total. The smallest absolute Gasteiger partial charge is 0.0845 e. The number of thiophene rings is 1. The number of likely N-dealkylation sites (N-methyl/N-ethyl adjacent to an activating group) is 1. The third kappa shape index (κ3) is 2.50. The van der Waals surface area contributed by atoms with E-state index in [4.69, 9.17) is 0 Å². The fraction of sp³-hybridized carbons (Fsp3) is 0.308. The van der Waals surface area contributed by atoms with Crippen molar-refractivity contribution in [1.82, 2.24) is 25.3 Å². The van der Waals surface area contributed by atoms with Crippen molar-refractivity contribution < 1.29 is 0 Å². The van der Waals surface area contributed by atoms with Crippen LogP contribution in [0.5, 0.6) is 0 Å². The van der Waals surface area contributed by atoms with Gasteiger partial charge in [-0.1, -0.05) is 5.21 Å². The van der Waals surface area contributed by atoms with Crippen LogP contribution in [0.15, 0.2) is 29.9 Å². The number of aromatic nitrogens is 4. The van der Waals surface area contributed by atoms with E-state index in [0.29, 0.717) is 0 Å². The minimum absolute atomic E-state index is 0.204. The van der Waals surface area contributed by atoms with Crippen molar-refractivity contribution >= 4 is 21.6 Å². The molecule has 0 fully saturated rings. The van der Waals surface area contributed by atoms with Gasteiger partial charge in [-0.2, -0.15) is 0 Å². The van der Waals surface area contributed by atoms with E-state index in [-0.39, 0.29) is 6.04 Å². The molecule has 3 aromatic heterocycles. The average molecular weight is 273 g/mol. The summed E-state index contributed by atoms with van der Waals surface area (Å²) < 4.78 is 2.94. The van der Waals surface area contributed by atoms with E-state index < -0.39 is 0 Å². The summed E-state index contributed by atoms with van der Waals surface area (Å²) in [5.41, 5.74) is 3.22. The quantitative estimate of drug-likeness (QED) is 0.789. The van der Waals surface area contributed by atoms with Crippen molar-refractivity contribution in [2.75, 3.05) is 7.05 Å². The van der Waals surface area contributed by atoms with Crippen LogP contribution < -0.4 is 5.32 Å². The standard InChI is InChI=1S/C13H15N5S/c1-14-12(6-10-8-18(2)17-16-10)9-5-13-11(15-7-9)3-4-19-13/h3-5,7-8,12,14H,6H2,1-2H3. The normalized spacial score (nSPS) is 12.9. The van der Waals surface area contributed by atoms with Crippen molar-refractivity contribution in [3.05, 3.63) is 41.2 Å². The Morgan fingerprint density at radius 2 is 2.37 bits per heavy atom. The van der Waals surface area contributed by atoms with Crippen LogP contribution in [0.3, 0.4) is 0 Å². The maximum absolute atomic E-state index is 4.49. The number of nitrogens with one attached hydrogen (secondary N) is 1. The molecule has 0 saturated heterocycles. The molecule has 98 valence electrons. The van der Waals surface area contributed by atoms with Crippen LogP contribution in [0, 0.1) is 0 Å². The van der Waals surface area contributed by atoms with Crippen LogP contribution in [0.1, 0.15) is 17.3 Å². The van der Waals surface area contributed by atoms with Crippen LogP contribution >= 0.6 is 11.3 Å². The maximum atomic E-state index is 4.49. The van der Waals surface area contributed by atoms with Gasteiger partial charge >= 0.3 is 0 Å². The Morgan fingerprint density at radius 3 is 3.11 bits per heavy atom. The van der Waals surface area contributed by atoms with Gasteiger partial charge in [-0.25, -0.2) is 0 Å². The second-order valence-electron chi connectivity index (χ2n) is 4.50. The van der Waals surface area contributed by atoms with Crippen LogP contribution in [-0.2, 0) is 13.5 Å². The Balaban J connectivity index is 1.88. The summed E-state index contributed by atoms with van der Waals surface area (Å²) in [6.45, 7) is 0. The van der Waals surface area contributed by atoms with E-state index in [9.17, 15) is 0 Å². The Hall–Kier alpha value is -1.79. The van der Waals surface area contributed by atoms with Crippen LogP contribution in [-0.4, -0.2) is 27.0 Å². The first kappa shape index (κ1) is 12.3. The summed E-state index contributed by atoms with van der Waals surface area (Å²) in [4.78, 5) is 4.49. The molecule has 0 aliphatic carbocycles. The number of hydrogen-bond donors (Lipinski definition) is 1. The molecule has 6 heteroatoms. The molecule has 0 aliphatic rings. The van der Waals surface area contributed by atoms with Gasteiger partial charge in [-0.05, 0) is 30.1 Å². The third-order valence-corrected chi connectivity index (χ3v) is 3.99. The topological polar surface area (TPSA) is 55.6 Å². The fourth-order valence-electron chi connectivity index (χ4n) is 2.14. The monoisotopic (exact) mass is 273 g/mol. The lowest BCUT2D eigenvalue weighted by molar-refractivity contribution is 0.582. The van der Waals surface area contributed by atoms with E-state index in [0.717, 1.165) is 17.6 Å². The van der Waals surface area contributed by atoms with Gasteiger partial charge in [0.05, 0.1) is 15.9 Å². The largest absolute Gasteiger partial charge is 0.313 e. The summed E-state index contributed by atoms with van der Waals surface area (Å²) in [6, 6.07) is 4.45. The van der Waals surface area contributed by atoms with Gasteiger partial charge in [0.1, 0.15) is 0 Å². The zero-order valence-corrected chi connectivity index (χ0v) is 11.7. The number of nitrogens with zero attached hydrogens (tertiary/aromatic N) is 4. The molecule has 0 spiro atoms. The lowest BCUT2D eigenvalue weighted by Gasteiger charge is -2.14. The molecule has 0 aromatic carbocycles. The second-order valence-corrected chi connectivity index (χ2v) is 5.45. The summed E-state index contributed by atoms with van der Waals surface area (Å²) in [6.07, 6.45) is 4.69. The zero-order valence-electron chi connectivity index (χ0n) is 10.9. The molecular weight excluding hydrogens is 258 g/mol. The van der Waals surface area contributed by atoms with E-state index in [1.54, 1.807) is 16.0 Å². The molecule has 0 bridgehead atoms. The summed E-state index contributed by atoms with van der Waals surface area (Å²) in [7, 11) is 3.84. The van der Waals surface area contributed by atoms with E-state index in [1.165, 1.54) is 10.3 Å². The van der Waals surface area contributed by atoms with Crippen LogP contribution in [0.2, 0.25) is 0 Å². The Labute approximate surface area is 115 Å². The highest BCUT2D eigenvalue weighted by atomic mass is 32.1. The molecular formula is C13H15N5S. The molecule has 19 heavy (non-hydrogen) atoms. The van der Waals surface area contributed by atoms with Gasteiger partial charge in [0, 0.05) is 31.9 Å². The summed E-state index contributed by atoms with van der Waals surface area (Å²) >= 11 is 1.72. The van der Waals surface area contributed by atoms with Gasteiger partial charge in [-0.15, -0.1) is 16.4 Å². The third-order valence-electron chi connectivity index (χ3n) is 3.14. The number of pyridine rings is 1. The van der Waals surface area contributed by atoms with Crippen LogP contribution in [0.25, 0.3) is 10.2 Å². The van der Waals surface area contributed by atoms with Gasteiger partial charge in [-0.3, -0.25) is 9.67 Å². The first-order valence-electron chi connectivity index (χ1n) is 6.12. The predicted octanol–water partition coefficient (Wildman–Crippen LogP) is 1.93. The van der Waals surface area contributed by atoms with Gasteiger partial charge in [0.15, 0.2) is 0 Å². The van der Waals surface area contributed by atoms with Gasteiger partial charge < -0.3 is 5.32 Å². The van der Waals surface area contributed by atoms with Gasteiger partial charge in [0.25, 0.3) is 0 Å². The Morgan fingerprint density at radius 1 is 1.47 bits per heavy atom. The molecule has 1 N–H and O–H groups in total. The first-order chi connectivity index (χ1) is 9.26. The number of fused-ring (bicyclic) bond motifs is 1. The molecule has 3 aromatic rings. The van der Waals surface area contributed by atoms with Gasteiger partial charge in [0.2, 0.25) is 0 Å². The Bertz CT molecular complexity index is 687. The highest BCUT2D eigenvalue weighted by Gasteiger charge is 2.13. The zero-order chi connectivity index (χ0) is 13.2. The van der Waals surface area contributed by atoms with E-state index in [2.05, 4.69) is 32.1 Å². The van der Waals surface area contributed by atoms with Crippen molar-refractivity contribution in [2.24, 2.45) is 7.05 Å². The van der Waals surface area contributed by atoms with Crippen molar-refractivity contribution in [1.29, 1.82) is 0 Å². The average Bonchev–Trinajstić information content (AvgIpc) is 3.03. The SMILES string of the molecule is CNC(Cc1cn(C)nn1)c1cnc2ccsc2c1. The molecule has 0 radical (unpaired) electrons. The van der Waals surface area contributed by atoms with E-state index >= 15 is 0 Å². The lowest BCUT2D eigenvalue weighted by Crippen LogP contribution is -2.19. The molecule has 0 aliphatic heterocycles. The maximum Gasteiger partial charge on any atom is 0.0845 e. The minimum Gasteiger partial charge on any atom is -0.313 e. The summed E-state index contributed by atoms with van der Waals surface area (Å²) in [5, 5.41) is 13.5. The first-order valence-corrected chi connectivity index (χ1v) is 7.00. The Kier molecular flexibility index (Phi) is 3.27. The van der Waals surface area contributed by atoms with Crippen LogP contribution in [0.4, 0.5) is 0 Å². The highest BCUT2D eigenvalue weighted by molar-refractivity contribution is 7.17. The molecule has 0 amide bonds. The van der Waals surface area contributed by atoms with Crippen molar-refractivity contribution in [3.8, 4) is 0 Å². The molecule has 3 heterocycles. The minimum atomic E-state index is 0.204. The summed E-state index contributed by atoms with van der Waals surface area (Å²) in [5.74, 6) is 0.